The minimum Gasteiger partial charge on any atom is -0.463 e. The van der Waals surface area contributed by atoms with Crippen molar-refractivity contribution in [2.45, 2.75) is 90.3 Å². The molecule has 0 aliphatic heterocycles. The Morgan fingerprint density at radius 2 is 1.85 bits per heavy atom. The summed E-state index contributed by atoms with van der Waals surface area (Å²) in [6.07, 6.45) is 16.9. The number of rotatable bonds is 1. The van der Waals surface area contributed by atoms with Gasteiger partial charge in [0.2, 0.25) is 0 Å². The topological polar surface area (TPSA) is 46.5 Å². The van der Waals surface area contributed by atoms with Gasteiger partial charge in [-0.05, 0) is 105 Å². The number of aliphatic hydroxyl groups excluding tert-OH is 1. The third kappa shape index (κ3) is 2.59. The molecule has 0 saturated heterocycles. The highest BCUT2D eigenvalue weighted by atomic mass is 16.5. The van der Waals surface area contributed by atoms with Crippen LogP contribution >= 0.6 is 0 Å². The summed E-state index contributed by atoms with van der Waals surface area (Å²) in [5, 5.41) is 10.7. The van der Waals surface area contributed by atoms with E-state index in [1.54, 1.807) is 6.92 Å². The maximum absolute atomic E-state index is 11.4. The fraction of sp³-hybridized carbons (Fsp3) is 0.875. The molecule has 3 nitrogen and oxygen atoms in total. The molecule has 0 radical (unpaired) electrons. The number of allylic oxidation sites excluding steroid dienone is 1. The molecule has 1 N–H and O–H groups in total. The number of aliphatic hydroxyl groups is 1. The van der Waals surface area contributed by atoms with Gasteiger partial charge in [0.1, 0.15) is 6.10 Å². The van der Waals surface area contributed by atoms with Crippen molar-refractivity contribution in [3.63, 3.8) is 0 Å². The van der Waals surface area contributed by atoms with Gasteiger partial charge in [-0.1, -0.05) is 19.1 Å². The first-order chi connectivity index (χ1) is 12.9. The lowest BCUT2D eigenvalue weighted by Crippen LogP contribution is -2.55. The van der Waals surface area contributed by atoms with Gasteiger partial charge < -0.3 is 9.84 Å². The van der Waals surface area contributed by atoms with Crippen LogP contribution in [0.15, 0.2) is 12.2 Å². The van der Waals surface area contributed by atoms with E-state index in [0.29, 0.717) is 16.7 Å². The molecule has 27 heavy (non-hydrogen) atoms. The average Bonchev–Trinajstić information content (AvgIpc) is 3.03. The molecule has 150 valence electrons. The first-order valence-electron chi connectivity index (χ1n) is 11.5. The number of hydrogen-bond donors (Lipinski definition) is 1. The fourth-order valence-electron chi connectivity index (χ4n) is 8.80. The number of carbonyl (C=O) groups is 1. The number of fused-ring (bicyclic) bond motifs is 4. The van der Waals surface area contributed by atoms with E-state index < -0.39 is 0 Å². The van der Waals surface area contributed by atoms with Gasteiger partial charge >= 0.3 is 5.97 Å². The van der Waals surface area contributed by atoms with Gasteiger partial charge in [-0.3, -0.25) is 4.79 Å². The van der Waals surface area contributed by atoms with Crippen LogP contribution in [0.3, 0.4) is 0 Å². The standard InChI is InChI=1S/C24H36O3/c1-15(25)27-17-9-12-23(2)16(14-17)5-6-18-19(23)10-13-24-11-3-4-22(26)21(24)8-7-20(18)24/h3,11,16-22,26H,4-10,12-14H2,1-2H3/t16-,17+,18+,19-,20-,21+,22-,23-,24-/m0/s1. The lowest BCUT2D eigenvalue weighted by Gasteiger charge is -2.61. The van der Waals surface area contributed by atoms with Gasteiger partial charge in [0.05, 0.1) is 6.10 Å². The van der Waals surface area contributed by atoms with Crippen molar-refractivity contribution in [2.24, 2.45) is 40.4 Å². The Morgan fingerprint density at radius 1 is 1.04 bits per heavy atom. The van der Waals surface area contributed by atoms with Crippen molar-refractivity contribution in [3.8, 4) is 0 Å². The highest BCUT2D eigenvalue weighted by molar-refractivity contribution is 5.66. The molecule has 0 amide bonds. The Labute approximate surface area is 163 Å². The number of hydrogen-bond acceptors (Lipinski definition) is 3. The Hall–Kier alpha value is -0.830. The summed E-state index contributed by atoms with van der Waals surface area (Å²) in [6, 6.07) is 0. The molecule has 0 bridgehead atoms. The minimum absolute atomic E-state index is 0.109. The zero-order chi connectivity index (χ0) is 18.8. The predicted molar refractivity (Wildman–Crippen MR) is 105 cm³/mol. The molecular formula is C24H36O3. The molecule has 1 spiro atoms. The second-order valence-electron chi connectivity index (χ2n) is 10.7. The van der Waals surface area contributed by atoms with Crippen molar-refractivity contribution in [1.29, 1.82) is 0 Å². The molecule has 4 fully saturated rings. The normalized spacial score (nSPS) is 53.7. The van der Waals surface area contributed by atoms with Crippen LogP contribution in [0.5, 0.6) is 0 Å². The Balaban J connectivity index is 1.39. The summed E-state index contributed by atoms with van der Waals surface area (Å²) in [6.45, 7) is 4.11. The smallest absolute Gasteiger partial charge is 0.302 e. The number of esters is 1. The highest BCUT2D eigenvalue weighted by Crippen LogP contribution is 2.69. The van der Waals surface area contributed by atoms with Gasteiger partial charge in [0.25, 0.3) is 0 Å². The van der Waals surface area contributed by atoms with E-state index in [9.17, 15) is 9.90 Å². The first kappa shape index (κ1) is 18.2. The van der Waals surface area contributed by atoms with Crippen molar-refractivity contribution in [1.82, 2.24) is 0 Å². The Bertz CT molecular complexity index is 642. The molecule has 5 rings (SSSR count). The molecule has 0 aromatic carbocycles. The van der Waals surface area contributed by atoms with Crippen LogP contribution in [0.25, 0.3) is 0 Å². The summed E-state index contributed by atoms with van der Waals surface area (Å²) in [4.78, 5) is 11.4. The van der Waals surface area contributed by atoms with Gasteiger partial charge in [0.15, 0.2) is 0 Å². The molecule has 0 aromatic heterocycles. The van der Waals surface area contributed by atoms with Crippen molar-refractivity contribution < 1.29 is 14.6 Å². The van der Waals surface area contributed by atoms with Crippen LogP contribution < -0.4 is 0 Å². The molecule has 4 saturated carbocycles. The lowest BCUT2D eigenvalue weighted by atomic mass is 9.44. The first-order valence-corrected chi connectivity index (χ1v) is 11.5. The average molecular weight is 373 g/mol. The third-order valence-corrected chi connectivity index (χ3v) is 9.87. The monoisotopic (exact) mass is 372 g/mol. The number of ether oxygens (including phenoxy) is 1. The maximum atomic E-state index is 11.4. The van der Waals surface area contributed by atoms with Gasteiger partial charge in [-0.25, -0.2) is 0 Å². The van der Waals surface area contributed by atoms with Crippen LogP contribution in [-0.4, -0.2) is 23.3 Å². The Kier molecular flexibility index (Phi) is 4.28. The number of carbonyl (C=O) groups excluding carboxylic acids is 1. The summed E-state index contributed by atoms with van der Waals surface area (Å²) >= 11 is 0. The van der Waals surface area contributed by atoms with E-state index in [1.165, 1.54) is 44.9 Å². The van der Waals surface area contributed by atoms with Crippen molar-refractivity contribution in [3.05, 3.63) is 12.2 Å². The molecular weight excluding hydrogens is 336 g/mol. The predicted octanol–water partition coefficient (Wildman–Crippen LogP) is 4.88. The summed E-state index contributed by atoms with van der Waals surface area (Å²) in [5.74, 6) is 3.57. The van der Waals surface area contributed by atoms with E-state index in [1.807, 2.05) is 0 Å². The molecule has 5 aliphatic rings. The quantitative estimate of drug-likeness (QED) is 0.527. The third-order valence-electron chi connectivity index (χ3n) is 9.87. The van der Waals surface area contributed by atoms with E-state index in [0.717, 1.165) is 42.9 Å². The second-order valence-corrected chi connectivity index (χ2v) is 10.7. The Morgan fingerprint density at radius 3 is 2.67 bits per heavy atom. The van der Waals surface area contributed by atoms with Crippen molar-refractivity contribution >= 4 is 5.97 Å². The van der Waals surface area contributed by atoms with E-state index in [4.69, 9.17) is 4.74 Å². The maximum Gasteiger partial charge on any atom is 0.302 e. The molecule has 0 aromatic rings. The largest absolute Gasteiger partial charge is 0.463 e. The van der Waals surface area contributed by atoms with Crippen LogP contribution in [0.4, 0.5) is 0 Å². The SMILES string of the molecule is CC(=O)O[C@@H]1CC[C@@]2(C)[C@@H](CC[C@@H]3[C@@H]2CC[C@]24C=CC[C@H](O)[C@H]2CC[C@@H]34)C1. The van der Waals surface area contributed by atoms with Gasteiger partial charge in [0, 0.05) is 6.92 Å². The van der Waals surface area contributed by atoms with E-state index in [-0.39, 0.29) is 18.2 Å². The van der Waals surface area contributed by atoms with Crippen LogP contribution in [0, 0.1) is 40.4 Å². The van der Waals surface area contributed by atoms with Crippen LogP contribution in [-0.2, 0) is 9.53 Å². The van der Waals surface area contributed by atoms with E-state index >= 15 is 0 Å². The molecule has 3 heteroatoms. The van der Waals surface area contributed by atoms with Crippen LogP contribution in [0.1, 0.15) is 78.1 Å². The minimum atomic E-state index is -0.114. The summed E-state index contributed by atoms with van der Waals surface area (Å²) in [7, 11) is 0. The van der Waals surface area contributed by atoms with Gasteiger partial charge in [-0.15, -0.1) is 0 Å². The molecule has 0 unspecified atom stereocenters. The van der Waals surface area contributed by atoms with Crippen molar-refractivity contribution in [2.75, 3.05) is 0 Å². The summed E-state index contributed by atoms with van der Waals surface area (Å²) in [5.41, 5.74) is 0.729. The molecule has 9 atom stereocenters. The lowest BCUT2D eigenvalue weighted by molar-refractivity contribution is -0.160. The molecule has 0 heterocycles. The highest BCUT2D eigenvalue weighted by Gasteiger charge is 2.62. The fourth-order valence-corrected chi connectivity index (χ4v) is 8.80. The zero-order valence-electron chi connectivity index (χ0n) is 17.0. The summed E-state index contributed by atoms with van der Waals surface area (Å²) < 4.78 is 5.60. The van der Waals surface area contributed by atoms with Crippen LogP contribution in [0.2, 0.25) is 0 Å². The molecule has 5 aliphatic carbocycles. The second kappa shape index (κ2) is 6.34. The van der Waals surface area contributed by atoms with E-state index in [2.05, 4.69) is 19.1 Å². The zero-order valence-corrected chi connectivity index (χ0v) is 17.0. The van der Waals surface area contributed by atoms with Gasteiger partial charge in [-0.2, -0.15) is 0 Å².